The molecule has 2 aromatic rings. The van der Waals surface area contributed by atoms with Crippen LogP contribution in [-0.4, -0.2) is 35.8 Å². The van der Waals surface area contributed by atoms with Crippen LogP contribution in [0.2, 0.25) is 0 Å². The third-order valence-electron chi connectivity index (χ3n) is 3.24. The van der Waals surface area contributed by atoms with E-state index in [-0.39, 0.29) is 12.5 Å². The van der Waals surface area contributed by atoms with Crippen LogP contribution in [0.5, 0.6) is 11.5 Å². The van der Waals surface area contributed by atoms with Gasteiger partial charge in [0.05, 0.1) is 6.61 Å². The molecule has 2 rings (SSSR count). The number of nitrogens with one attached hydrogen (secondary N) is 1. The highest BCUT2D eigenvalue weighted by Gasteiger charge is 2.11. The van der Waals surface area contributed by atoms with Gasteiger partial charge in [-0.2, -0.15) is 0 Å². The Hall–Kier alpha value is -2.60. The Kier molecular flexibility index (Phi) is 7.04. The maximum atomic E-state index is 12.1. The number of carbonyl (C=O) groups is 1. The normalized spacial score (nSPS) is 10.2. The predicted molar refractivity (Wildman–Crippen MR) is 90.2 cm³/mol. The molecule has 0 radical (unpaired) electrons. The summed E-state index contributed by atoms with van der Waals surface area (Å²) in [7, 11) is 0. The van der Waals surface area contributed by atoms with Gasteiger partial charge in [0.2, 0.25) is 0 Å². The molecule has 0 aliphatic rings. The number of nitrogens with zero attached hydrogens (tertiary/aromatic N) is 1. The van der Waals surface area contributed by atoms with Crippen molar-refractivity contribution in [3.8, 4) is 11.5 Å². The first-order chi connectivity index (χ1) is 11.7. The Morgan fingerprint density at radius 1 is 1.25 bits per heavy atom. The molecule has 2 N–H and O–H groups in total. The molecule has 0 spiro atoms. The van der Waals surface area contributed by atoms with Gasteiger partial charge in [0.15, 0.2) is 11.5 Å². The van der Waals surface area contributed by atoms with Gasteiger partial charge in [-0.25, -0.2) is 0 Å². The largest absolute Gasteiger partial charge is 0.490 e. The fourth-order valence-corrected chi connectivity index (χ4v) is 2.06. The van der Waals surface area contributed by atoms with Crippen molar-refractivity contribution in [1.82, 2.24) is 10.3 Å². The van der Waals surface area contributed by atoms with Gasteiger partial charge in [-0.05, 0) is 37.6 Å². The molecule has 0 unspecified atom stereocenters. The molecule has 0 fully saturated rings. The number of hydrogen-bond acceptors (Lipinski definition) is 5. The topological polar surface area (TPSA) is 80.7 Å². The van der Waals surface area contributed by atoms with E-state index >= 15 is 0 Å². The summed E-state index contributed by atoms with van der Waals surface area (Å²) in [6.45, 7) is 3.19. The van der Waals surface area contributed by atoms with Crippen molar-refractivity contribution in [2.24, 2.45) is 0 Å². The van der Waals surface area contributed by atoms with Crippen LogP contribution >= 0.6 is 0 Å². The van der Waals surface area contributed by atoms with Crippen LogP contribution in [0.4, 0.5) is 0 Å². The Morgan fingerprint density at radius 2 is 2.12 bits per heavy atom. The van der Waals surface area contributed by atoms with Crippen molar-refractivity contribution in [2.75, 3.05) is 19.8 Å². The van der Waals surface area contributed by atoms with Gasteiger partial charge in [0, 0.05) is 36.7 Å². The molecule has 1 amide bonds. The third kappa shape index (κ3) is 5.24. The molecule has 24 heavy (non-hydrogen) atoms. The molecular weight excluding hydrogens is 308 g/mol. The number of hydrogen-bond donors (Lipinski definition) is 2. The molecule has 128 valence electrons. The Bertz CT molecular complexity index is 647. The molecule has 0 aliphatic heterocycles. The zero-order chi connectivity index (χ0) is 17.2. The minimum absolute atomic E-state index is 0.0472. The van der Waals surface area contributed by atoms with Crippen LogP contribution in [-0.2, 0) is 6.61 Å². The number of aliphatic hydroxyl groups excluding tert-OH is 1. The van der Waals surface area contributed by atoms with Gasteiger partial charge in [-0.3, -0.25) is 9.78 Å². The number of benzene rings is 1. The summed E-state index contributed by atoms with van der Waals surface area (Å²) in [6, 6.07) is 8.85. The zero-order valence-electron chi connectivity index (χ0n) is 13.7. The van der Waals surface area contributed by atoms with E-state index in [2.05, 4.69) is 10.3 Å². The predicted octanol–water partition coefficient (Wildman–Crippen LogP) is 2.17. The smallest absolute Gasteiger partial charge is 0.251 e. The lowest BCUT2D eigenvalue weighted by molar-refractivity contribution is 0.0950. The van der Waals surface area contributed by atoms with E-state index in [1.165, 1.54) is 0 Å². The molecule has 0 atom stereocenters. The summed E-state index contributed by atoms with van der Waals surface area (Å²) in [6.07, 6.45) is 3.97. The lowest BCUT2D eigenvalue weighted by atomic mass is 10.2. The van der Waals surface area contributed by atoms with Crippen LogP contribution in [0.25, 0.3) is 0 Å². The fraction of sp³-hybridized carbons (Fsp3) is 0.333. The summed E-state index contributed by atoms with van der Waals surface area (Å²) in [5, 5.41) is 11.5. The lowest BCUT2D eigenvalue weighted by Gasteiger charge is -2.13. The summed E-state index contributed by atoms with van der Waals surface area (Å²) in [5.41, 5.74) is 1.44. The van der Waals surface area contributed by atoms with Crippen molar-refractivity contribution in [1.29, 1.82) is 0 Å². The first kappa shape index (κ1) is 17.7. The Balaban J connectivity index is 2.06. The van der Waals surface area contributed by atoms with E-state index < -0.39 is 0 Å². The van der Waals surface area contributed by atoms with Crippen molar-refractivity contribution >= 4 is 5.91 Å². The highest BCUT2D eigenvalue weighted by molar-refractivity contribution is 5.94. The minimum atomic E-state index is -0.205. The number of carbonyl (C=O) groups excluding carboxylic acids is 1. The van der Waals surface area contributed by atoms with Crippen molar-refractivity contribution in [3.63, 3.8) is 0 Å². The van der Waals surface area contributed by atoms with Gasteiger partial charge >= 0.3 is 0 Å². The summed E-state index contributed by atoms with van der Waals surface area (Å²) in [5.74, 6) is 0.895. The second-order valence-corrected chi connectivity index (χ2v) is 5.08. The van der Waals surface area contributed by atoms with Crippen LogP contribution in [0, 0.1) is 0 Å². The summed E-state index contributed by atoms with van der Waals surface area (Å²) >= 11 is 0. The number of aromatic nitrogens is 1. The Labute approximate surface area is 141 Å². The zero-order valence-corrected chi connectivity index (χ0v) is 13.7. The number of ether oxygens (including phenoxy) is 2. The molecule has 0 saturated heterocycles. The second kappa shape index (κ2) is 9.52. The van der Waals surface area contributed by atoms with Gasteiger partial charge < -0.3 is 19.9 Å². The molecular formula is C18H22N2O4. The SMILES string of the molecule is CCOc1cc(C(=O)NCCCO)ccc1OCc1cccnc1. The van der Waals surface area contributed by atoms with E-state index in [4.69, 9.17) is 14.6 Å². The molecule has 1 aromatic carbocycles. The number of amides is 1. The third-order valence-corrected chi connectivity index (χ3v) is 3.24. The summed E-state index contributed by atoms with van der Waals surface area (Å²) < 4.78 is 11.4. The summed E-state index contributed by atoms with van der Waals surface area (Å²) in [4.78, 5) is 16.1. The maximum Gasteiger partial charge on any atom is 0.251 e. The molecule has 0 bridgehead atoms. The molecule has 1 heterocycles. The van der Waals surface area contributed by atoms with E-state index in [9.17, 15) is 4.79 Å². The van der Waals surface area contributed by atoms with Crippen molar-refractivity contribution in [3.05, 3.63) is 53.9 Å². The van der Waals surface area contributed by atoms with Gasteiger partial charge in [0.1, 0.15) is 6.61 Å². The van der Waals surface area contributed by atoms with E-state index in [1.807, 2.05) is 19.1 Å². The standard InChI is InChI=1S/C18H22N2O4/c1-2-23-17-11-15(18(22)20-9-4-10-21)6-7-16(17)24-13-14-5-3-8-19-12-14/h3,5-8,11-12,21H,2,4,9-10,13H2,1H3,(H,20,22). The molecule has 6 heteroatoms. The first-order valence-corrected chi connectivity index (χ1v) is 7.92. The second-order valence-electron chi connectivity index (χ2n) is 5.08. The van der Waals surface area contributed by atoms with Gasteiger partial charge in [-0.1, -0.05) is 6.07 Å². The highest BCUT2D eigenvalue weighted by atomic mass is 16.5. The van der Waals surface area contributed by atoms with E-state index in [0.29, 0.717) is 43.2 Å². The molecule has 1 aromatic heterocycles. The number of aliphatic hydroxyl groups is 1. The number of rotatable bonds is 9. The van der Waals surface area contributed by atoms with Gasteiger partial charge in [-0.15, -0.1) is 0 Å². The van der Waals surface area contributed by atoms with Crippen LogP contribution in [0.3, 0.4) is 0 Å². The fourth-order valence-electron chi connectivity index (χ4n) is 2.06. The highest BCUT2D eigenvalue weighted by Crippen LogP contribution is 2.29. The van der Waals surface area contributed by atoms with E-state index in [1.54, 1.807) is 30.6 Å². The van der Waals surface area contributed by atoms with Crippen LogP contribution in [0.1, 0.15) is 29.3 Å². The van der Waals surface area contributed by atoms with Gasteiger partial charge in [0.25, 0.3) is 5.91 Å². The average molecular weight is 330 g/mol. The van der Waals surface area contributed by atoms with Crippen LogP contribution < -0.4 is 14.8 Å². The minimum Gasteiger partial charge on any atom is -0.490 e. The maximum absolute atomic E-state index is 12.1. The molecule has 6 nitrogen and oxygen atoms in total. The van der Waals surface area contributed by atoms with E-state index in [0.717, 1.165) is 5.56 Å². The van der Waals surface area contributed by atoms with Crippen molar-refractivity contribution < 1.29 is 19.4 Å². The molecule has 0 aliphatic carbocycles. The van der Waals surface area contributed by atoms with Crippen molar-refractivity contribution in [2.45, 2.75) is 20.0 Å². The lowest BCUT2D eigenvalue weighted by Crippen LogP contribution is -2.25. The Morgan fingerprint density at radius 3 is 2.83 bits per heavy atom. The monoisotopic (exact) mass is 330 g/mol. The number of pyridine rings is 1. The molecule has 0 saturated carbocycles. The quantitative estimate of drug-likeness (QED) is 0.689. The average Bonchev–Trinajstić information content (AvgIpc) is 2.62. The van der Waals surface area contributed by atoms with Crippen LogP contribution in [0.15, 0.2) is 42.7 Å². The first-order valence-electron chi connectivity index (χ1n) is 7.92.